The summed E-state index contributed by atoms with van der Waals surface area (Å²) in [7, 11) is 0. The first-order valence-electron chi connectivity index (χ1n) is 5.43. The number of nitrogens with zero attached hydrogens (tertiary/aromatic N) is 1. The number of carbonyl (C=O) groups excluding carboxylic acids is 1. The Hall–Kier alpha value is -2.09. The second-order valence-corrected chi connectivity index (χ2v) is 4.87. The lowest BCUT2D eigenvalue weighted by molar-refractivity contribution is 0.0636. The number of carbonyl (C=O) groups is 1. The average Bonchev–Trinajstić information content (AvgIpc) is 2.21. The largest absolute Gasteiger partial charge is 0.444 e. The van der Waals surface area contributed by atoms with Crippen molar-refractivity contribution in [3.05, 3.63) is 29.1 Å². The van der Waals surface area contributed by atoms with Crippen molar-refractivity contribution in [1.29, 1.82) is 5.26 Å². The van der Waals surface area contributed by atoms with Gasteiger partial charge in [0, 0.05) is 5.56 Å². The second kappa shape index (κ2) is 5.05. The van der Waals surface area contributed by atoms with Gasteiger partial charge in [-0.05, 0) is 39.8 Å². The molecule has 4 nitrogen and oxygen atoms in total. The molecule has 0 spiro atoms. The summed E-state index contributed by atoms with van der Waals surface area (Å²) in [6, 6.07) is 4.35. The molecular weight excluding hydrogens is 235 g/mol. The maximum atomic E-state index is 13.5. The SMILES string of the molecule is Cc1c(F)cc(C#N)cc1NC(=O)OC(C)(C)C. The lowest BCUT2D eigenvalue weighted by Gasteiger charge is -2.20. The fraction of sp³-hybridized carbons (Fsp3) is 0.385. The molecule has 0 saturated carbocycles. The van der Waals surface area contributed by atoms with Crippen molar-refractivity contribution >= 4 is 11.8 Å². The van der Waals surface area contributed by atoms with E-state index in [1.54, 1.807) is 20.8 Å². The predicted molar refractivity (Wildman–Crippen MR) is 65.7 cm³/mol. The van der Waals surface area contributed by atoms with Crippen LogP contribution in [-0.2, 0) is 4.74 Å². The van der Waals surface area contributed by atoms with Crippen molar-refractivity contribution in [2.45, 2.75) is 33.3 Å². The number of benzene rings is 1. The van der Waals surface area contributed by atoms with Crippen LogP contribution in [0.25, 0.3) is 0 Å². The number of anilines is 1. The molecule has 0 aliphatic carbocycles. The summed E-state index contributed by atoms with van der Waals surface area (Å²) < 4.78 is 18.5. The molecule has 0 aliphatic heterocycles. The van der Waals surface area contributed by atoms with Gasteiger partial charge in [-0.25, -0.2) is 9.18 Å². The van der Waals surface area contributed by atoms with Gasteiger partial charge in [0.05, 0.1) is 17.3 Å². The molecule has 0 radical (unpaired) electrons. The topological polar surface area (TPSA) is 62.1 Å². The summed E-state index contributed by atoms with van der Waals surface area (Å²) in [5.74, 6) is -0.542. The number of hydrogen-bond donors (Lipinski definition) is 1. The van der Waals surface area contributed by atoms with Crippen molar-refractivity contribution < 1.29 is 13.9 Å². The average molecular weight is 250 g/mol. The van der Waals surface area contributed by atoms with Gasteiger partial charge in [-0.15, -0.1) is 0 Å². The Morgan fingerprint density at radius 3 is 2.56 bits per heavy atom. The minimum Gasteiger partial charge on any atom is -0.444 e. The van der Waals surface area contributed by atoms with Crippen LogP contribution in [0.4, 0.5) is 14.9 Å². The fourth-order valence-electron chi connectivity index (χ4n) is 1.29. The maximum absolute atomic E-state index is 13.5. The maximum Gasteiger partial charge on any atom is 0.412 e. The Labute approximate surface area is 105 Å². The van der Waals surface area contributed by atoms with E-state index in [0.29, 0.717) is 0 Å². The number of ether oxygens (including phenoxy) is 1. The van der Waals surface area contributed by atoms with E-state index < -0.39 is 17.5 Å². The van der Waals surface area contributed by atoms with Gasteiger partial charge in [0.15, 0.2) is 0 Å². The van der Waals surface area contributed by atoms with Crippen LogP contribution in [0.3, 0.4) is 0 Å². The Morgan fingerprint density at radius 1 is 1.44 bits per heavy atom. The summed E-state index contributed by atoms with van der Waals surface area (Å²) in [5.41, 5.74) is 0.00781. The minimum absolute atomic E-state index is 0.143. The number of nitrogens with one attached hydrogen (secondary N) is 1. The monoisotopic (exact) mass is 250 g/mol. The molecule has 0 aliphatic rings. The van der Waals surface area contributed by atoms with E-state index in [4.69, 9.17) is 10.00 Å². The molecule has 1 aromatic rings. The first-order valence-corrected chi connectivity index (χ1v) is 5.43. The van der Waals surface area contributed by atoms with E-state index in [1.165, 1.54) is 13.0 Å². The lowest BCUT2D eigenvalue weighted by Crippen LogP contribution is -2.27. The molecule has 0 bridgehead atoms. The Kier molecular flexibility index (Phi) is 3.92. The van der Waals surface area contributed by atoms with Crippen LogP contribution in [0.15, 0.2) is 12.1 Å². The van der Waals surface area contributed by atoms with E-state index >= 15 is 0 Å². The molecule has 1 N–H and O–H groups in total. The van der Waals surface area contributed by atoms with Crippen molar-refractivity contribution in [2.75, 3.05) is 5.32 Å². The number of hydrogen-bond acceptors (Lipinski definition) is 3. The zero-order chi connectivity index (χ0) is 13.9. The van der Waals surface area contributed by atoms with Crippen LogP contribution in [0, 0.1) is 24.1 Å². The van der Waals surface area contributed by atoms with Crippen LogP contribution < -0.4 is 5.32 Å². The quantitative estimate of drug-likeness (QED) is 0.831. The molecule has 0 unspecified atom stereocenters. The second-order valence-electron chi connectivity index (χ2n) is 4.87. The molecule has 1 amide bonds. The zero-order valence-electron chi connectivity index (χ0n) is 10.8. The zero-order valence-corrected chi connectivity index (χ0v) is 10.8. The third-order valence-corrected chi connectivity index (χ3v) is 2.11. The highest BCUT2D eigenvalue weighted by atomic mass is 19.1. The number of amides is 1. The third-order valence-electron chi connectivity index (χ3n) is 2.11. The highest BCUT2D eigenvalue weighted by molar-refractivity contribution is 5.86. The van der Waals surface area contributed by atoms with Crippen molar-refractivity contribution in [2.24, 2.45) is 0 Å². The highest BCUT2D eigenvalue weighted by Crippen LogP contribution is 2.21. The van der Waals surface area contributed by atoms with E-state index in [1.807, 2.05) is 6.07 Å². The first kappa shape index (κ1) is 14.0. The van der Waals surface area contributed by atoms with Crippen LogP contribution in [0.2, 0.25) is 0 Å². The first-order chi connectivity index (χ1) is 8.23. The Balaban J connectivity index is 2.95. The summed E-state index contributed by atoms with van der Waals surface area (Å²) in [6.45, 7) is 6.70. The van der Waals surface area contributed by atoms with Gasteiger partial charge >= 0.3 is 6.09 Å². The Morgan fingerprint density at radius 2 is 2.06 bits per heavy atom. The van der Waals surface area contributed by atoms with Gasteiger partial charge in [-0.3, -0.25) is 5.32 Å². The molecule has 18 heavy (non-hydrogen) atoms. The third kappa shape index (κ3) is 3.74. The lowest BCUT2D eigenvalue weighted by atomic mass is 10.1. The molecule has 0 fully saturated rings. The van der Waals surface area contributed by atoms with E-state index in [-0.39, 0.29) is 16.8 Å². The molecule has 0 atom stereocenters. The molecule has 5 heteroatoms. The highest BCUT2D eigenvalue weighted by Gasteiger charge is 2.17. The van der Waals surface area contributed by atoms with E-state index in [0.717, 1.165) is 6.07 Å². The summed E-state index contributed by atoms with van der Waals surface area (Å²) in [6.07, 6.45) is -0.680. The number of rotatable bonds is 1. The van der Waals surface area contributed by atoms with Gasteiger partial charge < -0.3 is 4.74 Å². The number of halogens is 1. The summed E-state index contributed by atoms with van der Waals surface area (Å²) >= 11 is 0. The summed E-state index contributed by atoms with van der Waals surface area (Å²) in [4.78, 5) is 11.6. The fourth-order valence-corrected chi connectivity index (χ4v) is 1.29. The van der Waals surface area contributed by atoms with Gasteiger partial charge in [-0.2, -0.15) is 5.26 Å². The van der Waals surface area contributed by atoms with E-state index in [2.05, 4.69) is 5.32 Å². The standard InChI is InChI=1S/C13H15FN2O2/c1-8-10(14)5-9(7-15)6-11(8)16-12(17)18-13(2,3)4/h5-6H,1-4H3,(H,16,17). The predicted octanol–water partition coefficient (Wildman–Crippen LogP) is 3.35. The van der Waals surface area contributed by atoms with Crippen molar-refractivity contribution in [1.82, 2.24) is 0 Å². The summed E-state index contributed by atoms with van der Waals surface area (Å²) in [5, 5.41) is 11.2. The molecule has 0 heterocycles. The van der Waals surface area contributed by atoms with Crippen LogP contribution in [0.1, 0.15) is 31.9 Å². The van der Waals surface area contributed by atoms with Crippen LogP contribution in [-0.4, -0.2) is 11.7 Å². The normalized spacial score (nSPS) is 10.7. The molecule has 0 aromatic heterocycles. The van der Waals surface area contributed by atoms with Crippen molar-refractivity contribution in [3.8, 4) is 6.07 Å². The van der Waals surface area contributed by atoms with Crippen LogP contribution in [0.5, 0.6) is 0 Å². The van der Waals surface area contributed by atoms with E-state index in [9.17, 15) is 9.18 Å². The van der Waals surface area contributed by atoms with Gasteiger partial charge in [0.25, 0.3) is 0 Å². The van der Waals surface area contributed by atoms with Gasteiger partial charge in [-0.1, -0.05) is 0 Å². The molecule has 0 saturated heterocycles. The van der Waals surface area contributed by atoms with Gasteiger partial charge in [0.1, 0.15) is 11.4 Å². The molecule has 1 rings (SSSR count). The smallest absolute Gasteiger partial charge is 0.412 e. The van der Waals surface area contributed by atoms with Gasteiger partial charge in [0.2, 0.25) is 0 Å². The molecular formula is C13H15FN2O2. The number of nitriles is 1. The Bertz CT molecular complexity index is 513. The van der Waals surface area contributed by atoms with Crippen LogP contribution >= 0.6 is 0 Å². The molecule has 1 aromatic carbocycles. The molecule has 96 valence electrons. The van der Waals surface area contributed by atoms with Crippen molar-refractivity contribution in [3.63, 3.8) is 0 Å². The minimum atomic E-state index is -0.680.